The standard InChI is InChI=1S/C23H31BrO6Si/c1-9-10-29-21-14(3)19(25)18(24)16-17(21)22(28-5)15(13(2)20(16)27-4)23(26)30-11-12-31(6,7)8/h9,18H,1,10-12H2,2-8H3. The van der Waals surface area contributed by atoms with E-state index in [0.29, 0.717) is 46.1 Å². The average Bonchev–Trinajstić information content (AvgIpc) is 2.70. The largest absolute Gasteiger partial charge is 0.496 e. The topological polar surface area (TPSA) is 71.1 Å². The number of ketones is 1. The summed E-state index contributed by atoms with van der Waals surface area (Å²) in [6.07, 6.45) is 1.59. The Morgan fingerprint density at radius 1 is 1.16 bits per heavy atom. The van der Waals surface area contributed by atoms with Crippen molar-refractivity contribution in [3.8, 4) is 11.5 Å². The quantitative estimate of drug-likeness (QED) is 0.190. The van der Waals surface area contributed by atoms with E-state index in [1.54, 1.807) is 19.9 Å². The Morgan fingerprint density at radius 2 is 1.77 bits per heavy atom. The zero-order chi connectivity index (χ0) is 23.5. The van der Waals surface area contributed by atoms with E-state index in [9.17, 15) is 9.59 Å². The second-order valence-electron chi connectivity index (χ2n) is 8.58. The van der Waals surface area contributed by atoms with E-state index >= 15 is 0 Å². The van der Waals surface area contributed by atoms with E-state index in [1.165, 1.54) is 14.2 Å². The zero-order valence-corrected chi connectivity index (χ0v) is 21.9. The van der Waals surface area contributed by atoms with Gasteiger partial charge in [0.05, 0.1) is 26.4 Å². The summed E-state index contributed by atoms with van der Waals surface area (Å²) in [5.74, 6) is 0.452. The second kappa shape index (κ2) is 10.0. The van der Waals surface area contributed by atoms with Gasteiger partial charge in [-0.3, -0.25) is 4.79 Å². The Morgan fingerprint density at radius 3 is 2.29 bits per heavy atom. The smallest absolute Gasteiger partial charge is 0.342 e. The van der Waals surface area contributed by atoms with Crippen LogP contribution in [0.3, 0.4) is 0 Å². The number of alkyl halides is 1. The van der Waals surface area contributed by atoms with Crippen LogP contribution in [-0.4, -0.2) is 47.3 Å². The van der Waals surface area contributed by atoms with Gasteiger partial charge in [0.15, 0.2) is 5.78 Å². The molecule has 0 aliphatic heterocycles. The number of benzene rings is 1. The van der Waals surface area contributed by atoms with Crippen LogP contribution >= 0.6 is 15.9 Å². The van der Waals surface area contributed by atoms with Crippen molar-refractivity contribution in [3.05, 3.63) is 40.5 Å². The molecule has 0 aromatic heterocycles. The first-order chi connectivity index (χ1) is 14.5. The average molecular weight is 511 g/mol. The maximum atomic E-state index is 13.1. The molecular formula is C23H31BrO6Si. The molecule has 0 saturated carbocycles. The first-order valence-corrected chi connectivity index (χ1v) is 14.7. The molecule has 1 aliphatic carbocycles. The van der Waals surface area contributed by atoms with Crippen molar-refractivity contribution in [2.24, 2.45) is 0 Å². The lowest BCUT2D eigenvalue weighted by atomic mass is 9.85. The Balaban J connectivity index is 2.74. The van der Waals surface area contributed by atoms with Crippen molar-refractivity contribution in [2.45, 2.75) is 44.4 Å². The Kier molecular flexibility index (Phi) is 8.16. The number of fused-ring (bicyclic) bond motifs is 1. The van der Waals surface area contributed by atoms with Crippen LogP contribution in [0.2, 0.25) is 25.7 Å². The van der Waals surface area contributed by atoms with Crippen molar-refractivity contribution >= 4 is 41.5 Å². The minimum absolute atomic E-state index is 0.142. The van der Waals surface area contributed by atoms with E-state index < -0.39 is 18.9 Å². The molecule has 0 fully saturated rings. The molecule has 0 bridgehead atoms. The first kappa shape index (κ1) is 25.2. The summed E-state index contributed by atoms with van der Waals surface area (Å²) < 4.78 is 22.9. The van der Waals surface area contributed by atoms with Crippen LogP contribution in [0.25, 0.3) is 5.76 Å². The molecule has 8 heteroatoms. The molecule has 1 atom stereocenters. The number of carbonyl (C=O) groups is 2. The summed E-state index contributed by atoms with van der Waals surface area (Å²) >= 11 is 3.50. The molecule has 1 aliphatic rings. The molecule has 0 heterocycles. The van der Waals surface area contributed by atoms with Gasteiger partial charge in [0.1, 0.15) is 34.3 Å². The van der Waals surface area contributed by atoms with Crippen LogP contribution in [-0.2, 0) is 14.3 Å². The third kappa shape index (κ3) is 5.06. The van der Waals surface area contributed by atoms with Crippen LogP contribution in [0, 0.1) is 6.92 Å². The summed E-state index contributed by atoms with van der Waals surface area (Å²) in [7, 11) is 1.63. The number of hydrogen-bond acceptors (Lipinski definition) is 6. The number of hydrogen-bond donors (Lipinski definition) is 0. The molecule has 1 aromatic carbocycles. The highest BCUT2D eigenvalue weighted by Gasteiger charge is 2.40. The molecule has 0 N–H and O–H groups in total. The highest BCUT2D eigenvalue weighted by molar-refractivity contribution is 9.09. The van der Waals surface area contributed by atoms with Gasteiger partial charge in [-0.05, 0) is 19.9 Å². The fraction of sp³-hybridized carbons (Fsp3) is 0.478. The fourth-order valence-electron chi connectivity index (χ4n) is 3.49. The van der Waals surface area contributed by atoms with Gasteiger partial charge in [-0.1, -0.05) is 48.2 Å². The van der Waals surface area contributed by atoms with Crippen molar-refractivity contribution in [2.75, 3.05) is 27.4 Å². The number of halogens is 1. The van der Waals surface area contributed by atoms with Gasteiger partial charge in [0, 0.05) is 24.8 Å². The van der Waals surface area contributed by atoms with Gasteiger partial charge in [-0.15, -0.1) is 0 Å². The Hall–Kier alpha value is -2.06. The predicted octanol–water partition coefficient (Wildman–Crippen LogP) is 5.46. The third-order valence-corrected chi connectivity index (χ3v) is 7.73. The van der Waals surface area contributed by atoms with Crippen LogP contribution in [0.4, 0.5) is 0 Å². The number of Topliss-reactive ketones (excluding diaryl/α,β-unsaturated/α-hetero) is 1. The minimum atomic E-state index is -1.37. The monoisotopic (exact) mass is 510 g/mol. The molecule has 0 spiro atoms. The summed E-state index contributed by atoms with van der Waals surface area (Å²) in [6, 6.07) is 0.854. The van der Waals surface area contributed by atoms with E-state index in [-0.39, 0.29) is 18.0 Å². The fourth-order valence-corrected chi connectivity index (χ4v) is 4.99. The molecule has 31 heavy (non-hydrogen) atoms. The molecule has 0 saturated heterocycles. The number of ether oxygens (including phenoxy) is 4. The Bertz CT molecular complexity index is 929. The molecule has 1 unspecified atom stereocenters. The normalized spacial score (nSPS) is 16.0. The Labute approximate surface area is 193 Å². The van der Waals surface area contributed by atoms with Gasteiger partial charge in [0.2, 0.25) is 0 Å². The lowest BCUT2D eigenvalue weighted by Gasteiger charge is -2.30. The number of carbonyl (C=O) groups excluding carboxylic acids is 2. The number of esters is 1. The predicted molar refractivity (Wildman–Crippen MR) is 128 cm³/mol. The highest BCUT2D eigenvalue weighted by atomic mass is 79.9. The minimum Gasteiger partial charge on any atom is -0.496 e. The third-order valence-electron chi connectivity index (χ3n) is 5.15. The highest BCUT2D eigenvalue weighted by Crippen LogP contribution is 2.51. The summed E-state index contributed by atoms with van der Waals surface area (Å²) in [5, 5.41) is 0. The first-order valence-electron chi connectivity index (χ1n) is 10.1. The lowest BCUT2D eigenvalue weighted by Crippen LogP contribution is -2.24. The summed E-state index contributed by atoms with van der Waals surface area (Å²) in [4.78, 5) is 25.4. The van der Waals surface area contributed by atoms with Crippen molar-refractivity contribution in [3.63, 3.8) is 0 Å². The summed E-state index contributed by atoms with van der Waals surface area (Å²) in [5.41, 5.74) is 2.35. The van der Waals surface area contributed by atoms with E-state index in [1.807, 2.05) is 0 Å². The van der Waals surface area contributed by atoms with Crippen molar-refractivity contribution in [1.82, 2.24) is 0 Å². The van der Waals surface area contributed by atoms with Crippen molar-refractivity contribution < 1.29 is 28.5 Å². The lowest BCUT2D eigenvalue weighted by molar-refractivity contribution is -0.115. The molecule has 1 aromatic rings. The molecule has 0 amide bonds. The maximum Gasteiger partial charge on any atom is 0.342 e. The SMILES string of the molecule is C=CCOC1=C(C)C(=O)C(Br)c2c(OC)c(C)c(C(=O)OCC[Si](C)(C)C)c(OC)c21. The van der Waals surface area contributed by atoms with Gasteiger partial charge < -0.3 is 18.9 Å². The van der Waals surface area contributed by atoms with E-state index in [4.69, 9.17) is 18.9 Å². The number of rotatable bonds is 9. The number of allylic oxidation sites excluding steroid dienone is 1. The maximum absolute atomic E-state index is 13.1. The summed E-state index contributed by atoms with van der Waals surface area (Å²) in [6.45, 7) is 14.3. The van der Waals surface area contributed by atoms with Crippen LogP contribution in [0.15, 0.2) is 18.2 Å². The van der Waals surface area contributed by atoms with Gasteiger partial charge in [-0.2, -0.15) is 0 Å². The van der Waals surface area contributed by atoms with E-state index in [2.05, 4.69) is 42.1 Å². The van der Waals surface area contributed by atoms with Gasteiger partial charge in [-0.25, -0.2) is 4.79 Å². The van der Waals surface area contributed by atoms with Gasteiger partial charge >= 0.3 is 5.97 Å². The molecule has 0 radical (unpaired) electrons. The van der Waals surface area contributed by atoms with Crippen molar-refractivity contribution in [1.29, 1.82) is 0 Å². The zero-order valence-electron chi connectivity index (χ0n) is 19.3. The molecule has 6 nitrogen and oxygen atoms in total. The number of methoxy groups -OCH3 is 2. The van der Waals surface area contributed by atoms with Gasteiger partial charge in [0.25, 0.3) is 0 Å². The van der Waals surface area contributed by atoms with Crippen LogP contribution < -0.4 is 9.47 Å². The second-order valence-corrected chi connectivity index (χ2v) is 15.1. The van der Waals surface area contributed by atoms with E-state index in [0.717, 1.165) is 6.04 Å². The van der Waals surface area contributed by atoms with Crippen LogP contribution in [0.5, 0.6) is 11.5 Å². The molecular weight excluding hydrogens is 480 g/mol. The van der Waals surface area contributed by atoms with Crippen LogP contribution in [0.1, 0.15) is 38.8 Å². The molecule has 2 rings (SSSR count). The molecule has 170 valence electrons.